The van der Waals surface area contributed by atoms with E-state index in [1.54, 1.807) is 24.3 Å². The summed E-state index contributed by atoms with van der Waals surface area (Å²) in [4.78, 5) is 23.9. The lowest BCUT2D eigenvalue weighted by Crippen LogP contribution is -2.36. The molecule has 23 heavy (non-hydrogen) atoms. The maximum Gasteiger partial charge on any atom is 0.307 e. The van der Waals surface area contributed by atoms with Gasteiger partial charge in [0.25, 0.3) is 0 Å². The van der Waals surface area contributed by atoms with Crippen LogP contribution in [0.5, 0.6) is 5.75 Å². The highest BCUT2D eigenvalue weighted by Gasteiger charge is 2.51. The van der Waals surface area contributed by atoms with Crippen molar-refractivity contribution in [3.8, 4) is 11.8 Å². The molecule has 1 aromatic carbocycles. The van der Waals surface area contributed by atoms with Gasteiger partial charge < -0.3 is 15.2 Å². The topological polar surface area (TPSA) is 99.4 Å². The van der Waals surface area contributed by atoms with Gasteiger partial charge >= 0.3 is 5.97 Å². The van der Waals surface area contributed by atoms with E-state index < -0.39 is 17.8 Å². The van der Waals surface area contributed by atoms with Crippen LogP contribution in [-0.4, -0.2) is 23.6 Å². The molecular formula is C17H16N2O4. The summed E-state index contributed by atoms with van der Waals surface area (Å²) >= 11 is 0. The van der Waals surface area contributed by atoms with Crippen molar-refractivity contribution in [2.24, 2.45) is 23.7 Å². The second-order valence-corrected chi connectivity index (χ2v) is 5.80. The van der Waals surface area contributed by atoms with E-state index in [1.807, 2.05) is 18.2 Å². The highest BCUT2D eigenvalue weighted by atomic mass is 16.5. The molecule has 118 valence electrons. The van der Waals surface area contributed by atoms with Gasteiger partial charge in [0.15, 0.2) is 6.61 Å². The van der Waals surface area contributed by atoms with Crippen LogP contribution in [0.25, 0.3) is 0 Å². The normalized spacial score (nSPS) is 27.4. The van der Waals surface area contributed by atoms with Crippen LogP contribution in [-0.2, 0) is 9.59 Å². The molecule has 2 aliphatic carbocycles. The van der Waals surface area contributed by atoms with Crippen molar-refractivity contribution in [3.05, 3.63) is 36.4 Å². The predicted octanol–water partition coefficient (Wildman–Crippen LogP) is 2.05. The van der Waals surface area contributed by atoms with Crippen molar-refractivity contribution in [2.45, 2.75) is 6.42 Å². The third kappa shape index (κ3) is 2.90. The Kier molecular flexibility index (Phi) is 4.02. The van der Waals surface area contributed by atoms with Gasteiger partial charge in [-0.25, -0.2) is 0 Å². The SMILES string of the molecule is N#CCOc1ccc(NC(=O)C2C3C=CC(C3)C2C(=O)O)cc1. The molecule has 1 aromatic rings. The van der Waals surface area contributed by atoms with Crippen LogP contribution in [0, 0.1) is 35.0 Å². The fourth-order valence-electron chi connectivity index (χ4n) is 3.49. The van der Waals surface area contributed by atoms with E-state index in [2.05, 4.69) is 5.32 Å². The first-order valence-corrected chi connectivity index (χ1v) is 7.42. The number of nitrogens with one attached hydrogen (secondary N) is 1. The monoisotopic (exact) mass is 312 g/mol. The minimum Gasteiger partial charge on any atom is -0.481 e. The Morgan fingerprint density at radius 1 is 1.22 bits per heavy atom. The van der Waals surface area contributed by atoms with Crippen LogP contribution in [0.15, 0.2) is 36.4 Å². The number of hydrogen-bond donors (Lipinski definition) is 2. The number of ether oxygens (including phenoxy) is 1. The van der Waals surface area contributed by atoms with Crippen LogP contribution >= 0.6 is 0 Å². The minimum absolute atomic E-state index is 0.000616. The molecule has 4 atom stereocenters. The van der Waals surface area contributed by atoms with E-state index in [0.717, 1.165) is 6.42 Å². The van der Waals surface area contributed by atoms with Gasteiger partial charge in [0.05, 0.1) is 11.8 Å². The molecule has 0 aliphatic heterocycles. The number of allylic oxidation sites excluding steroid dienone is 2. The fraction of sp³-hybridized carbons (Fsp3) is 0.353. The van der Waals surface area contributed by atoms with E-state index in [1.165, 1.54) is 0 Å². The number of rotatable bonds is 5. The highest BCUT2D eigenvalue weighted by molar-refractivity contribution is 5.96. The summed E-state index contributed by atoms with van der Waals surface area (Å²) in [5, 5.41) is 20.6. The first-order valence-electron chi connectivity index (χ1n) is 7.42. The number of carboxylic acid groups (broad SMARTS) is 1. The van der Waals surface area contributed by atoms with Gasteiger partial charge in [0, 0.05) is 5.69 Å². The van der Waals surface area contributed by atoms with Crippen molar-refractivity contribution < 1.29 is 19.4 Å². The zero-order valence-electron chi connectivity index (χ0n) is 12.3. The van der Waals surface area contributed by atoms with E-state index in [-0.39, 0.29) is 24.3 Å². The lowest BCUT2D eigenvalue weighted by molar-refractivity contribution is -0.146. The third-order valence-corrected chi connectivity index (χ3v) is 4.47. The lowest BCUT2D eigenvalue weighted by Gasteiger charge is -2.23. The molecule has 0 heterocycles. The maximum atomic E-state index is 12.5. The standard InChI is InChI=1S/C17H16N2O4/c18-7-8-23-13-5-3-12(4-6-13)19-16(20)14-10-1-2-11(9-10)15(14)17(21)22/h1-6,10-11,14-15H,8-9H2,(H,19,20)(H,21,22). The van der Waals surface area contributed by atoms with Crippen LogP contribution in [0.2, 0.25) is 0 Å². The summed E-state index contributed by atoms with van der Waals surface area (Å²) in [6, 6.07) is 8.53. The molecule has 0 radical (unpaired) electrons. The van der Waals surface area contributed by atoms with Crippen molar-refractivity contribution in [1.29, 1.82) is 5.26 Å². The first kappa shape index (κ1) is 15.1. The second kappa shape index (κ2) is 6.13. The zero-order chi connectivity index (χ0) is 16.4. The average Bonchev–Trinajstić information content (AvgIpc) is 3.15. The molecule has 2 N–H and O–H groups in total. The Morgan fingerprint density at radius 3 is 2.48 bits per heavy atom. The molecule has 0 spiro atoms. The molecule has 3 rings (SSSR count). The third-order valence-electron chi connectivity index (χ3n) is 4.47. The Balaban J connectivity index is 1.68. The molecule has 4 unspecified atom stereocenters. The van der Waals surface area contributed by atoms with Crippen molar-refractivity contribution in [3.63, 3.8) is 0 Å². The van der Waals surface area contributed by atoms with Gasteiger partial charge in [-0.05, 0) is 42.5 Å². The number of carbonyl (C=O) groups excluding carboxylic acids is 1. The number of fused-ring (bicyclic) bond motifs is 2. The Morgan fingerprint density at radius 2 is 1.87 bits per heavy atom. The fourth-order valence-corrected chi connectivity index (χ4v) is 3.49. The quantitative estimate of drug-likeness (QED) is 0.811. The minimum atomic E-state index is -0.915. The maximum absolute atomic E-state index is 12.5. The number of amides is 1. The van der Waals surface area contributed by atoms with Gasteiger partial charge in [-0.15, -0.1) is 0 Å². The van der Waals surface area contributed by atoms with Crippen molar-refractivity contribution >= 4 is 17.6 Å². The number of carbonyl (C=O) groups is 2. The summed E-state index contributed by atoms with van der Waals surface area (Å²) in [5.41, 5.74) is 0.579. The molecule has 6 nitrogen and oxygen atoms in total. The second-order valence-electron chi connectivity index (χ2n) is 5.80. The molecule has 1 saturated carbocycles. The van der Waals surface area contributed by atoms with Crippen LogP contribution in [0.4, 0.5) is 5.69 Å². The summed E-state index contributed by atoms with van der Waals surface area (Å²) in [7, 11) is 0. The summed E-state index contributed by atoms with van der Waals surface area (Å²) in [5.74, 6) is -1.87. The molecule has 6 heteroatoms. The van der Waals surface area contributed by atoms with Crippen molar-refractivity contribution in [1.82, 2.24) is 0 Å². The van der Waals surface area contributed by atoms with Gasteiger partial charge in [-0.1, -0.05) is 12.2 Å². The number of anilines is 1. The summed E-state index contributed by atoms with van der Waals surface area (Å²) in [6.07, 6.45) is 4.59. The average molecular weight is 312 g/mol. The number of benzene rings is 1. The number of nitrogens with zero attached hydrogens (tertiary/aromatic N) is 1. The van der Waals surface area contributed by atoms with E-state index in [0.29, 0.717) is 11.4 Å². The number of hydrogen-bond acceptors (Lipinski definition) is 4. The predicted molar refractivity (Wildman–Crippen MR) is 81.5 cm³/mol. The highest BCUT2D eigenvalue weighted by Crippen LogP contribution is 2.48. The summed E-state index contributed by atoms with van der Waals surface area (Å²) < 4.78 is 5.14. The number of nitriles is 1. The van der Waals surface area contributed by atoms with E-state index in [4.69, 9.17) is 10.00 Å². The molecule has 1 amide bonds. The van der Waals surface area contributed by atoms with E-state index >= 15 is 0 Å². The Labute approximate surface area is 133 Å². The Bertz CT molecular complexity index is 690. The van der Waals surface area contributed by atoms with Gasteiger partial charge in [-0.3, -0.25) is 9.59 Å². The number of aliphatic carboxylic acids is 1. The molecule has 1 fully saturated rings. The van der Waals surface area contributed by atoms with E-state index in [9.17, 15) is 14.7 Å². The van der Waals surface area contributed by atoms with Gasteiger partial charge in [-0.2, -0.15) is 5.26 Å². The zero-order valence-corrected chi connectivity index (χ0v) is 12.3. The van der Waals surface area contributed by atoms with Crippen molar-refractivity contribution in [2.75, 3.05) is 11.9 Å². The van der Waals surface area contributed by atoms with Gasteiger partial charge in [0.1, 0.15) is 11.8 Å². The Hall–Kier alpha value is -2.81. The molecule has 2 aliphatic rings. The molecular weight excluding hydrogens is 296 g/mol. The van der Waals surface area contributed by atoms with Crippen LogP contribution < -0.4 is 10.1 Å². The molecule has 2 bridgehead atoms. The molecule has 0 saturated heterocycles. The number of carboxylic acids is 1. The van der Waals surface area contributed by atoms with Crippen LogP contribution in [0.3, 0.4) is 0 Å². The van der Waals surface area contributed by atoms with Crippen LogP contribution in [0.1, 0.15) is 6.42 Å². The molecule has 0 aromatic heterocycles. The smallest absolute Gasteiger partial charge is 0.307 e. The summed E-state index contributed by atoms with van der Waals surface area (Å²) in [6.45, 7) is -0.0382. The largest absolute Gasteiger partial charge is 0.481 e. The van der Waals surface area contributed by atoms with Gasteiger partial charge in [0.2, 0.25) is 5.91 Å². The lowest BCUT2D eigenvalue weighted by atomic mass is 9.82. The first-order chi connectivity index (χ1) is 11.1.